The van der Waals surface area contributed by atoms with Crippen LogP contribution in [0.25, 0.3) is 5.52 Å². The summed E-state index contributed by atoms with van der Waals surface area (Å²) in [4.78, 5) is 14.7. The van der Waals surface area contributed by atoms with E-state index in [4.69, 9.17) is 10.8 Å². The predicted molar refractivity (Wildman–Crippen MR) is 52.3 cm³/mol. The summed E-state index contributed by atoms with van der Waals surface area (Å²) >= 11 is 0. The van der Waals surface area contributed by atoms with Crippen LogP contribution in [0.4, 0.5) is 0 Å². The van der Waals surface area contributed by atoms with Gasteiger partial charge in [0.2, 0.25) is 0 Å². The van der Waals surface area contributed by atoms with Gasteiger partial charge in [0, 0.05) is 0 Å². The fraction of sp³-hybridized carbons (Fsp3) is 0.222. The summed E-state index contributed by atoms with van der Waals surface area (Å²) in [6, 6.07) is 2.31. The molecule has 0 radical (unpaired) electrons. The molecule has 6 heteroatoms. The second-order valence-corrected chi connectivity index (χ2v) is 3.22. The van der Waals surface area contributed by atoms with Crippen LogP contribution in [0.5, 0.6) is 0 Å². The standard InChI is InChI=1S/C9H10N4O2/c1-5-11-4-6-2-3-7(13(6)12-5)8(10)9(14)15/h2-4,8H,10H2,1H3,(H,14,15). The van der Waals surface area contributed by atoms with Crippen molar-refractivity contribution in [2.75, 3.05) is 0 Å². The van der Waals surface area contributed by atoms with E-state index < -0.39 is 12.0 Å². The van der Waals surface area contributed by atoms with Crippen LogP contribution in [0.3, 0.4) is 0 Å². The van der Waals surface area contributed by atoms with Crippen molar-refractivity contribution in [3.63, 3.8) is 0 Å². The SMILES string of the molecule is Cc1ncc2ccc(C(N)C(=O)O)n2n1. The lowest BCUT2D eigenvalue weighted by atomic mass is 10.2. The highest BCUT2D eigenvalue weighted by Crippen LogP contribution is 2.14. The maximum Gasteiger partial charge on any atom is 0.326 e. The van der Waals surface area contributed by atoms with Crippen molar-refractivity contribution in [3.8, 4) is 0 Å². The maximum atomic E-state index is 10.7. The van der Waals surface area contributed by atoms with Gasteiger partial charge in [-0.15, -0.1) is 0 Å². The molecule has 0 aliphatic rings. The van der Waals surface area contributed by atoms with Crippen LogP contribution in [0.2, 0.25) is 0 Å². The first-order valence-electron chi connectivity index (χ1n) is 4.39. The molecule has 3 N–H and O–H groups in total. The molecular weight excluding hydrogens is 196 g/mol. The second kappa shape index (κ2) is 3.32. The number of hydrogen-bond donors (Lipinski definition) is 2. The molecule has 0 aliphatic heterocycles. The van der Waals surface area contributed by atoms with Crippen molar-refractivity contribution >= 4 is 11.5 Å². The first kappa shape index (κ1) is 9.60. The fourth-order valence-electron chi connectivity index (χ4n) is 1.37. The zero-order valence-electron chi connectivity index (χ0n) is 8.08. The molecule has 0 aromatic carbocycles. The highest BCUT2D eigenvalue weighted by molar-refractivity contribution is 5.75. The monoisotopic (exact) mass is 206 g/mol. The lowest BCUT2D eigenvalue weighted by molar-refractivity contribution is -0.138. The molecule has 0 saturated heterocycles. The van der Waals surface area contributed by atoms with Crippen LogP contribution in [0, 0.1) is 6.92 Å². The normalized spacial score (nSPS) is 12.9. The molecule has 2 heterocycles. The van der Waals surface area contributed by atoms with Crippen molar-refractivity contribution in [1.29, 1.82) is 0 Å². The minimum absolute atomic E-state index is 0.447. The van der Waals surface area contributed by atoms with Gasteiger partial charge in [-0.2, -0.15) is 5.10 Å². The summed E-state index contributed by atoms with van der Waals surface area (Å²) in [7, 11) is 0. The van der Waals surface area contributed by atoms with E-state index in [1.165, 1.54) is 4.52 Å². The Hall–Kier alpha value is -1.95. The Kier molecular flexibility index (Phi) is 2.12. The van der Waals surface area contributed by atoms with E-state index in [1.807, 2.05) is 0 Å². The number of carbonyl (C=O) groups is 1. The fourth-order valence-corrected chi connectivity index (χ4v) is 1.37. The lowest BCUT2D eigenvalue weighted by Gasteiger charge is -2.06. The van der Waals surface area contributed by atoms with E-state index in [0.29, 0.717) is 11.5 Å². The molecule has 0 amide bonds. The minimum Gasteiger partial charge on any atom is -0.480 e. The molecule has 0 spiro atoms. The van der Waals surface area contributed by atoms with Crippen molar-refractivity contribution in [2.24, 2.45) is 5.73 Å². The molecule has 2 aromatic rings. The summed E-state index contributed by atoms with van der Waals surface area (Å²) in [6.45, 7) is 1.73. The number of nitrogens with two attached hydrogens (primary N) is 1. The number of carboxylic acids is 1. The summed E-state index contributed by atoms with van der Waals surface area (Å²) in [5.41, 5.74) is 6.69. The summed E-state index contributed by atoms with van der Waals surface area (Å²) in [5.74, 6) is -0.510. The molecule has 78 valence electrons. The zero-order valence-corrected chi connectivity index (χ0v) is 8.08. The molecule has 0 fully saturated rings. The van der Waals surface area contributed by atoms with Crippen molar-refractivity contribution in [1.82, 2.24) is 14.6 Å². The smallest absolute Gasteiger partial charge is 0.326 e. The lowest BCUT2D eigenvalue weighted by Crippen LogP contribution is -2.22. The Morgan fingerprint density at radius 2 is 2.33 bits per heavy atom. The highest BCUT2D eigenvalue weighted by atomic mass is 16.4. The molecular formula is C9H10N4O2. The van der Waals surface area contributed by atoms with Gasteiger partial charge < -0.3 is 10.8 Å². The zero-order chi connectivity index (χ0) is 11.0. The van der Waals surface area contributed by atoms with Gasteiger partial charge in [-0.1, -0.05) is 0 Å². The van der Waals surface area contributed by atoms with E-state index in [9.17, 15) is 4.79 Å². The molecule has 0 aliphatic carbocycles. The quantitative estimate of drug-likeness (QED) is 0.728. The Morgan fingerprint density at radius 1 is 1.60 bits per heavy atom. The number of hydrogen-bond acceptors (Lipinski definition) is 4. The average Bonchev–Trinajstić information content (AvgIpc) is 2.59. The van der Waals surface area contributed by atoms with Gasteiger partial charge >= 0.3 is 5.97 Å². The van der Waals surface area contributed by atoms with E-state index >= 15 is 0 Å². The van der Waals surface area contributed by atoms with Gasteiger partial charge in [-0.05, 0) is 19.1 Å². The Bertz CT molecular complexity index is 520. The number of carboxylic acid groups (broad SMARTS) is 1. The first-order valence-corrected chi connectivity index (χ1v) is 4.39. The maximum absolute atomic E-state index is 10.7. The van der Waals surface area contributed by atoms with Gasteiger partial charge in [0.15, 0.2) is 0 Å². The Labute approximate surface area is 85.3 Å². The summed E-state index contributed by atoms with van der Waals surface area (Å²) in [5, 5.41) is 12.9. The number of rotatable bonds is 2. The van der Waals surface area contributed by atoms with Gasteiger partial charge in [-0.3, -0.25) is 4.79 Å². The number of aryl methyl sites for hydroxylation is 1. The van der Waals surface area contributed by atoms with E-state index in [0.717, 1.165) is 5.52 Å². The summed E-state index contributed by atoms with van der Waals surface area (Å²) in [6.07, 6.45) is 1.63. The molecule has 15 heavy (non-hydrogen) atoms. The Balaban J connectivity index is 2.61. The average molecular weight is 206 g/mol. The van der Waals surface area contributed by atoms with Gasteiger partial charge in [0.05, 0.1) is 17.4 Å². The van der Waals surface area contributed by atoms with E-state index in [-0.39, 0.29) is 0 Å². The van der Waals surface area contributed by atoms with Gasteiger partial charge in [0.25, 0.3) is 0 Å². The first-order chi connectivity index (χ1) is 7.09. The minimum atomic E-state index is -1.08. The van der Waals surface area contributed by atoms with Gasteiger partial charge in [-0.25, -0.2) is 9.50 Å². The third-order valence-corrected chi connectivity index (χ3v) is 2.13. The Morgan fingerprint density at radius 3 is 3.00 bits per heavy atom. The van der Waals surface area contributed by atoms with Crippen LogP contribution < -0.4 is 5.73 Å². The van der Waals surface area contributed by atoms with Crippen LogP contribution in [0.15, 0.2) is 18.3 Å². The van der Waals surface area contributed by atoms with Crippen LogP contribution >= 0.6 is 0 Å². The number of fused-ring (bicyclic) bond motifs is 1. The van der Waals surface area contributed by atoms with Crippen LogP contribution in [0.1, 0.15) is 17.6 Å². The van der Waals surface area contributed by atoms with E-state index in [1.54, 1.807) is 25.3 Å². The third kappa shape index (κ3) is 1.55. The highest BCUT2D eigenvalue weighted by Gasteiger charge is 2.18. The molecule has 2 aromatic heterocycles. The van der Waals surface area contributed by atoms with Crippen molar-refractivity contribution in [2.45, 2.75) is 13.0 Å². The molecule has 1 unspecified atom stereocenters. The number of aromatic nitrogens is 3. The molecule has 6 nitrogen and oxygen atoms in total. The van der Waals surface area contributed by atoms with Crippen molar-refractivity contribution < 1.29 is 9.90 Å². The van der Waals surface area contributed by atoms with Crippen molar-refractivity contribution in [3.05, 3.63) is 29.8 Å². The molecule has 0 saturated carbocycles. The molecule has 2 rings (SSSR count). The largest absolute Gasteiger partial charge is 0.480 e. The topological polar surface area (TPSA) is 93.5 Å². The third-order valence-electron chi connectivity index (χ3n) is 2.13. The predicted octanol–water partition coefficient (Wildman–Crippen LogP) is 0.122. The summed E-state index contributed by atoms with van der Waals surface area (Å²) < 4.78 is 1.50. The van der Waals surface area contributed by atoms with Gasteiger partial charge in [0.1, 0.15) is 11.9 Å². The number of nitrogens with zero attached hydrogens (tertiary/aromatic N) is 3. The van der Waals surface area contributed by atoms with Crippen LogP contribution in [-0.2, 0) is 4.79 Å². The molecule has 0 bridgehead atoms. The van der Waals surface area contributed by atoms with E-state index in [2.05, 4.69) is 10.1 Å². The second-order valence-electron chi connectivity index (χ2n) is 3.22. The molecule has 1 atom stereocenters. The number of aliphatic carboxylic acids is 1. The van der Waals surface area contributed by atoms with Crippen LogP contribution in [-0.4, -0.2) is 25.7 Å².